The quantitative estimate of drug-likeness (QED) is 0.448. The SMILES string of the molecule is Cn1c(=O)[nH]c(=O)c2c1nc(N1CCN(Cc3ccc(C(C)(C)C)cc3)CC1)n2Cc1ccncc1F. The summed E-state index contributed by atoms with van der Waals surface area (Å²) in [6.45, 7) is 10.6. The number of fused-ring (bicyclic) bond motifs is 1. The molecular weight excluding hydrogens is 473 g/mol. The van der Waals surface area contributed by atoms with E-state index >= 15 is 0 Å². The van der Waals surface area contributed by atoms with Crippen LogP contribution in [-0.2, 0) is 25.6 Å². The molecule has 4 heterocycles. The number of anilines is 1. The van der Waals surface area contributed by atoms with Crippen LogP contribution >= 0.6 is 0 Å². The summed E-state index contributed by atoms with van der Waals surface area (Å²) >= 11 is 0. The molecule has 5 rings (SSSR count). The van der Waals surface area contributed by atoms with Gasteiger partial charge in [0.05, 0.1) is 12.7 Å². The number of aromatic nitrogens is 5. The van der Waals surface area contributed by atoms with E-state index in [1.807, 2.05) is 0 Å². The zero-order valence-electron chi connectivity index (χ0n) is 21.7. The molecule has 0 radical (unpaired) electrons. The first kappa shape index (κ1) is 24.9. The monoisotopic (exact) mass is 505 g/mol. The second-order valence-corrected chi connectivity index (χ2v) is 10.7. The molecule has 194 valence electrons. The molecule has 10 heteroatoms. The molecule has 0 aliphatic carbocycles. The molecule has 1 aliphatic heterocycles. The average Bonchev–Trinajstić information content (AvgIpc) is 3.24. The number of piperazine rings is 1. The predicted octanol–water partition coefficient (Wildman–Crippen LogP) is 2.63. The van der Waals surface area contributed by atoms with Gasteiger partial charge >= 0.3 is 5.69 Å². The second kappa shape index (κ2) is 9.59. The Kier molecular flexibility index (Phi) is 6.45. The molecule has 9 nitrogen and oxygen atoms in total. The van der Waals surface area contributed by atoms with E-state index in [1.54, 1.807) is 17.7 Å². The Balaban J connectivity index is 1.40. The number of hydrogen-bond donors (Lipinski definition) is 1. The van der Waals surface area contributed by atoms with Crippen molar-refractivity contribution in [2.24, 2.45) is 7.05 Å². The number of aryl methyl sites for hydroxylation is 1. The largest absolute Gasteiger partial charge is 0.340 e. The van der Waals surface area contributed by atoms with E-state index in [4.69, 9.17) is 4.98 Å². The van der Waals surface area contributed by atoms with Crippen LogP contribution in [0, 0.1) is 5.82 Å². The molecule has 0 unspecified atom stereocenters. The fourth-order valence-corrected chi connectivity index (χ4v) is 4.79. The summed E-state index contributed by atoms with van der Waals surface area (Å²) in [6, 6.07) is 10.4. The average molecular weight is 506 g/mol. The van der Waals surface area contributed by atoms with Gasteiger partial charge in [-0.3, -0.25) is 28.8 Å². The Morgan fingerprint density at radius 2 is 1.70 bits per heavy atom. The topological polar surface area (TPSA) is 92.0 Å². The lowest BCUT2D eigenvalue weighted by molar-refractivity contribution is 0.248. The minimum absolute atomic E-state index is 0.0990. The summed E-state index contributed by atoms with van der Waals surface area (Å²) < 4.78 is 17.5. The minimum Gasteiger partial charge on any atom is -0.340 e. The fraction of sp³-hybridized carbons (Fsp3) is 0.407. The Bertz CT molecular complexity index is 1540. The summed E-state index contributed by atoms with van der Waals surface area (Å²) in [7, 11) is 1.57. The number of rotatable bonds is 5. The standard InChI is InChI=1S/C27H32FN7O2/c1-27(2,3)20-7-5-18(6-8-20)16-33-11-13-34(14-12-33)25-30-23-22(24(36)31-26(37)32(23)4)35(25)17-19-9-10-29-15-21(19)28/h5-10,15H,11-14,16-17H2,1-4H3,(H,31,36,37). The summed E-state index contributed by atoms with van der Waals surface area (Å²) in [5, 5.41) is 0. The minimum atomic E-state index is -0.538. The van der Waals surface area contributed by atoms with Gasteiger partial charge in [0.25, 0.3) is 5.56 Å². The Morgan fingerprint density at radius 1 is 1.00 bits per heavy atom. The summed E-state index contributed by atoms with van der Waals surface area (Å²) in [4.78, 5) is 40.4. The smallest absolute Gasteiger partial charge is 0.329 e. The summed E-state index contributed by atoms with van der Waals surface area (Å²) in [5.74, 6) is 0.0888. The molecule has 1 N–H and O–H groups in total. The maximum Gasteiger partial charge on any atom is 0.329 e. The molecule has 4 aromatic rings. The van der Waals surface area contributed by atoms with Crippen LogP contribution in [0.25, 0.3) is 11.2 Å². The Morgan fingerprint density at radius 3 is 2.35 bits per heavy atom. The molecular formula is C27H32FN7O2. The first-order valence-electron chi connectivity index (χ1n) is 12.5. The molecule has 3 aromatic heterocycles. The number of imidazole rings is 1. The van der Waals surface area contributed by atoms with Gasteiger partial charge in [0, 0.05) is 51.5 Å². The zero-order valence-corrected chi connectivity index (χ0v) is 21.7. The number of halogens is 1. The number of pyridine rings is 1. The van der Waals surface area contributed by atoms with Crippen LogP contribution < -0.4 is 16.1 Å². The molecule has 0 saturated carbocycles. The van der Waals surface area contributed by atoms with Crippen LogP contribution in [-0.4, -0.2) is 55.2 Å². The third-order valence-corrected chi connectivity index (χ3v) is 7.05. The van der Waals surface area contributed by atoms with Gasteiger partial charge in [-0.05, 0) is 22.6 Å². The Labute approximate surface area is 214 Å². The number of nitrogens with one attached hydrogen (secondary N) is 1. The highest BCUT2D eigenvalue weighted by atomic mass is 19.1. The lowest BCUT2D eigenvalue weighted by Gasteiger charge is -2.35. The van der Waals surface area contributed by atoms with Crippen molar-refractivity contribution in [1.82, 2.24) is 29.0 Å². The molecule has 1 aromatic carbocycles. The summed E-state index contributed by atoms with van der Waals surface area (Å²) in [6.07, 6.45) is 2.67. The van der Waals surface area contributed by atoms with E-state index in [-0.39, 0.29) is 23.1 Å². The van der Waals surface area contributed by atoms with E-state index in [9.17, 15) is 14.0 Å². The van der Waals surface area contributed by atoms with Gasteiger partial charge < -0.3 is 4.90 Å². The molecule has 1 saturated heterocycles. The van der Waals surface area contributed by atoms with Crippen LogP contribution in [0.2, 0.25) is 0 Å². The van der Waals surface area contributed by atoms with Gasteiger partial charge in [-0.25, -0.2) is 9.18 Å². The van der Waals surface area contributed by atoms with Crippen LogP contribution in [0.5, 0.6) is 0 Å². The highest BCUT2D eigenvalue weighted by molar-refractivity contribution is 5.74. The van der Waals surface area contributed by atoms with Gasteiger partial charge in [0.15, 0.2) is 11.2 Å². The van der Waals surface area contributed by atoms with Crippen molar-refractivity contribution in [3.8, 4) is 0 Å². The molecule has 0 atom stereocenters. The van der Waals surface area contributed by atoms with Crippen molar-refractivity contribution in [1.29, 1.82) is 0 Å². The van der Waals surface area contributed by atoms with Crippen molar-refractivity contribution < 1.29 is 4.39 Å². The molecule has 1 aliphatic rings. The first-order chi connectivity index (χ1) is 17.6. The van der Waals surface area contributed by atoms with Crippen LogP contribution in [0.4, 0.5) is 10.3 Å². The maximum absolute atomic E-state index is 14.5. The number of hydrogen-bond acceptors (Lipinski definition) is 6. The van der Waals surface area contributed by atoms with Gasteiger partial charge in [0.1, 0.15) is 5.82 Å². The number of aromatic amines is 1. The van der Waals surface area contributed by atoms with E-state index in [1.165, 1.54) is 21.9 Å². The predicted molar refractivity (Wildman–Crippen MR) is 142 cm³/mol. The third-order valence-electron chi connectivity index (χ3n) is 7.05. The van der Waals surface area contributed by atoms with Crippen molar-refractivity contribution in [3.63, 3.8) is 0 Å². The van der Waals surface area contributed by atoms with Crippen LogP contribution in [0.3, 0.4) is 0 Å². The third kappa shape index (κ3) is 4.93. The van der Waals surface area contributed by atoms with Gasteiger partial charge in [-0.15, -0.1) is 0 Å². The van der Waals surface area contributed by atoms with Crippen LogP contribution in [0.1, 0.15) is 37.5 Å². The second-order valence-electron chi connectivity index (χ2n) is 10.7. The van der Waals surface area contributed by atoms with Crippen molar-refractivity contribution in [2.45, 2.75) is 39.3 Å². The van der Waals surface area contributed by atoms with Gasteiger partial charge in [0.2, 0.25) is 5.95 Å². The normalized spacial score (nSPS) is 15.0. The van der Waals surface area contributed by atoms with E-state index in [2.05, 4.69) is 64.8 Å². The van der Waals surface area contributed by atoms with Crippen molar-refractivity contribution >= 4 is 17.1 Å². The van der Waals surface area contributed by atoms with E-state index < -0.39 is 17.1 Å². The lowest BCUT2D eigenvalue weighted by Crippen LogP contribution is -2.47. The molecule has 0 amide bonds. The first-order valence-corrected chi connectivity index (χ1v) is 12.5. The number of benzene rings is 1. The lowest BCUT2D eigenvalue weighted by atomic mass is 9.87. The molecule has 1 fully saturated rings. The zero-order chi connectivity index (χ0) is 26.3. The van der Waals surface area contributed by atoms with E-state index in [0.717, 1.165) is 25.8 Å². The van der Waals surface area contributed by atoms with Crippen molar-refractivity contribution in [3.05, 3.63) is 86.1 Å². The molecule has 37 heavy (non-hydrogen) atoms. The number of nitrogens with zero attached hydrogens (tertiary/aromatic N) is 6. The molecule has 0 bridgehead atoms. The number of H-pyrrole nitrogens is 1. The van der Waals surface area contributed by atoms with E-state index in [0.29, 0.717) is 24.6 Å². The molecule has 0 spiro atoms. The van der Waals surface area contributed by atoms with Crippen molar-refractivity contribution in [2.75, 3.05) is 31.1 Å². The highest BCUT2D eigenvalue weighted by Gasteiger charge is 2.25. The fourth-order valence-electron chi connectivity index (χ4n) is 4.79. The summed E-state index contributed by atoms with van der Waals surface area (Å²) in [5.41, 5.74) is 2.54. The van der Waals surface area contributed by atoms with Crippen LogP contribution in [0.15, 0.2) is 52.3 Å². The highest BCUT2D eigenvalue weighted by Crippen LogP contribution is 2.25. The van der Waals surface area contributed by atoms with Gasteiger partial charge in [-0.1, -0.05) is 45.0 Å². The van der Waals surface area contributed by atoms with Gasteiger partial charge in [-0.2, -0.15) is 4.98 Å². The maximum atomic E-state index is 14.5. The Hall–Kier alpha value is -3.79.